The molecule has 2 rings (SSSR count). The molecule has 0 saturated heterocycles. The quantitative estimate of drug-likeness (QED) is 0.884. The zero-order chi connectivity index (χ0) is 13.9. The molecule has 0 amide bonds. The van der Waals surface area contributed by atoms with Crippen molar-refractivity contribution in [2.45, 2.75) is 12.7 Å². The van der Waals surface area contributed by atoms with Crippen LogP contribution in [0.5, 0.6) is 0 Å². The van der Waals surface area contributed by atoms with Gasteiger partial charge in [-0.2, -0.15) is 10.4 Å². The smallest absolute Gasteiger partial charge is 0.238 e. The monoisotopic (exact) mass is 276 g/mol. The average Bonchev–Trinajstić information content (AvgIpc) is 2.74. The predicted octanol–water partition coefficient (Wildman–Crippen LogP) is 1.53. The Bertz CT molecular complexity index is 711. The molecule has 0 aliphatic rings. The first-order chi connectivity index (χ1) is 8.98. The lowest BCUT2D eigenvalue weighted by Gasteiger charge is -2.05. The second-order valence-corrected chi connectivity index (χ2v) is 5.83. The zero-order valence-electron chi connectivity index (χ0n) is 10.2. The van der Waals surface area contributed by atoms with Crippen LogP contribution < -0.4 is 4.72 Å². The van der Waals surface area contributed by atoms with Crippen molar-refractivity contribution >= 4 is 15.8 Å². The molecule has 6 nitrogen and oxygen atoms in total. The molecule has 7 heteroatoms. The number of nitriles is 1. The highest BCUT2D eigenvalue weighted by atomic mass is 32.2. The Balaban J connectivity index is 2.10. The molecule has 0 aliphatic heterocycles. The van der Waals surface area contributed by atoms with Crippen molar-refractivity contribution in [3.63, 3.8) is 0 Å². The van der Waals surface area contributed by atoms with E-state index in [2.05, 4.69) is 14.9 Å². The standard InChI is InChI=1S/C12H12N4O2S/c1-9-6-12(15-14-9)16-19(17,18)8-11-4-2-10(7-13)3-5-11/h2-6H,8H2,1H3,(H2,14,15,16). The number of aromatic amines is 1. The fraction of sp³-hybridized carbons (Fsp3) is 0.167. The van der Waals surface area contributed by atoms with Crippen LogP contribution in [0.15, 0.2) is 30.3 Å². The Morgan fingerprint density at radius 2 is 2.05 bits per heavy atom. The summed E-state index contributed by atoms with van der Waals surface area (Å²) in [5, 5.41) is 15.1. The van der Waals surface area contributed by atoms with Crippen LogP contribution in [-0.4, -0.2) is 18.6 Å². The Hall–Kier alpha value is -2.33. The van der Waals surface area contributed by atoms with Gasteiger partial charge in [0, 0.05) is 11.8 Å². The number of aromatic nitrogens is 2. The summed E-state index contributed by atoms with van der Waals surface area (Å²) in [5.74, 6) is 0.107. The Kier molecular flexibility index (Phi) is 3.53. The Morgan fingerprint density at radius 3 is 2.58 bits per heavy atom. The topological polar surface area (TPSA) is 98.6 Å². The molecule has 0 fully saturated rings. The molecule has 0 atom stereocenters. The third kappa shape index (κ3) is 3.56. The second kappa shape index (κ2) is 5.12. The van der Waals surface area contributed by atoms with Gasteiger partial charge in [-0.1, -0.05) is 12.1 Å². The summed E-state index contributed by atoms with van der Waals surface area (Å²) in [7, 11) is -3.51. The summed E-state index contributed by atoms with van der Waals surface area (Å²) in [5.41, 5.74) is 1.88. The van der Waals surface area contributed by atoms with E-state index in [0.29, 0.717) is 11.1 Å². The maximum absolute atomic E-state index is 11.9. The summed E-state index contributed by atoms with van der Waals surface area (Å²) >= 11 is 0. The maximum atomic E-state index is 11.9. The number of sulfonamides is 1. The highest BCUT2D eigenvalue weighted by Gasteiger charge is 2.13. The number of H-pyrrole nitrogens is 1. The van der Waals surface area contributed by atoms with Gasteiger partial charge in [0.15, 0.2) is 5.82 Å². The molecule has 0 unspecified atom stereocenters. The van der Waals surface area contributed by atoms with Crippen LogP contribution in [0.3, 0.4) is 0 Å². The van der Waals surface area contributed by atoms with Crippen LogP contribution in [0.25, 0.3) is 0 Å². The van der Waals surface area contributed by atoms with Gasteiger partial charge in [0.2, 0.25) is 10.0 Å². The lowest BCUT2D eigenvalue weighted by atomic mass is 10.2. The van der Waals surface area contributed by atoms with Gasteiger partial charge in [-0.25, -0.2) is 8.42 Å². The molecule has 0 spiro atoms. The molecule has 0 radical (unpaired) electrons. The summed E-state index contributed by atoms with van der Waals surface area (Å²) < 4.78 is 26.2. The van der Waals surface area contributed by atoms with Crippen molar-refractivity contribution in [1.29, 1.82) is 5.26 Å². The largest absolute Gasteiger partial charge is 0.281 e. The Labute approximate surface area is 111 Å². The maximum Gasteiger partial charge on any atom is 0.238 e. The first-order valence-corrected chi connectivity index (χ1v) is 7.15. The van der Waals surface area contributed by atoms with Gasteiger partial charge in [0.25, 0.3) is 0 Å². The normalized spacial score (nSPS) is 10.9. The SMILES string of the molecule is Cc1cc(NS(=O)(=O)Cc2ccc(C#N)cc2)n[nH]1. The molecule has 0 aliphatic carbocycles. The number of rotatable bonds is 4. The predicted molar refractivity (Wildman–Crippen MR) is 70.7 cm³/mol. The minimum absolute atomic E-state index is 0.162. The van der Waals surface area contributed by atoms with Gasteiger partial charge in [-0.05, 0) is 24.6 Å². The first-order valence-electron chi connectivity index (χ1n) is 5.50. The van der Waals surface area contributed by atoms with Crippen LogP contribution in [-0.2, 0) is 15.8 Å². The van der Waals surface area contributed by atoms with Crippen LogP contribution >= 0.6 is 0 Å². The molecule has 1 aromatic heterocycles. The second-order valence-electron chi connectivity index (χ2n) is 4.11. The highest BCUT2D eigenvalue weighted by molar-refractivity contribution is 7.91. The molecule has 19 heavy (non-hydrogen) atoms. The molecule has 2 aromatic rings. The highest BCUT2D eigenvalue weighted by Crippen LogP contribution is 2.12. The lowest BCUT2D eigenvalue weighted by Crippen LogP contribution is -2.15. The van der Waals surface area contributed by atoms with E-state index in [1.165, 1.54) is 0 Å². The van der Waals surface area contributed by atoms with E-state index in [1.807, 2.05) is 6.07 Å². The molecule has 1 aromatic carbocycles. The van der Waals surface area contributed by atoms with Crippen molar-refractivity contribution in [2.75, 3.05) is 4.72 Å². The molecule has 98 valence electrons. The molecular formula is C12H12N4O2S. The van der Waals surface area contributed by atoms with Crippen LogP contribution in [0.2, 0.25) is 0 Å². The molecule has 0 saturated carbocycles. The van der Waals surface area contributed by atoms with E-state index in [4.69, 9.17) is 5.26 Å². The van der Waals surface area contributed by atoms with Gasteiger partial charge in [0.1, 0.15) is 0 Å². The summed E-state index contributed by atoms with van der Waals surface area (Å²) in [4.78, 5) is 0. The van der Waals surface area contributed by atoms with Crippen molar-refractivity contribution in [1.82, 2.24) is 10.2 Å². The van der Waals surface area contributed by atoms with Gasteiger partial charge >= 0.3 is 0 Å². The summed E-state index contributed by atoms with van der Waals surface area (Å²) in [6.07, 6.45) is 0. The number of hydrogen-bond acceptors (Lipinski definition) is 4. The van der Waals surface area contributed by atoms with Gasteiger partial charge in [0.05, 0.1) is 17.4 Å². The minimum atomic E-state index is -3.51. The Morgan fingerprint density at radius 1 is 1.37 bits per heavy atom. The first kappa shape index (κ1) is 13.1. The van der Waals surface area contributed by atoms with Crippen LogP contribution in [0, 0.1) is 18.3 Å². The van der Waals surface area contributed by atoms with E-state index >= 15 is 0 Å². The van der Waals surface area contributed by atoms with Crippen molar-refractivity contribution in [3.8, 4) is 6.07 Å². The molecule has 0 bridgehead atoms. The van der Waals surface area contributed by atoms with Gasteiger partial charge < -0.3 is 0 Å². The van der Waals surface area contributed by atoms with Gasteiger partial charge in [-0.15, -0.1) is 0 Å². The third-order valence-electron chi connectivity index (χ3n) is 2.41. The number of anilines is 1. The van der Waals surface area contributed by atoms with E-state index in [0.717, 1.165) is 5.69 Å². The average molecular weight is 276 g/mol. The van der Waals surface area contributed by atoms with Crippen molar-refractivity contribution in [3.05, 3.63) is 47.2 Å². The fourth-order valence-electron chi connectivity index (χ4n) is 1.56. The fourth-order valence-corrected chi connectivity index (χ4v) is 2.69. The third-order valence-corrected chi connectivity index (χ3v) is 3.64. The number of nitrogens with zero attached hydrogens (tertiary/aromatic N) is 2. The van der Waals surface area contributed by atoms with Crippen molar-refractivity contribution in [2.24, 2.45) is 0 Å². The minimum Gasteiger partial charge on any atom is -0.281 e. The van der Waals surface area contributed by atoms with E-state index < -0.39 is 10.0 Å². The van der Waals surface area contributed by atoms with E-state index in [9.17, 15) is 8.42 Å². The van der Waals surface area contributed by atoms with Crippen LogP contribution in [0.4, 0.5) is 5.82 Å². The molecule has 1 heterocycles. The van der Waals surface area contributed by atoms with Crippen molar-refractivity contribution < 1.29 is 8.42 Å². The lowest BCUT2D eigenvalue weighted by molar-refractivity contribution is 0.600. The number of nitrogens with one attached hydrogen (secondary N) is 2. The zero-order valence-corrected chi connectivity index (χ0v) is 11.0. The summed E-state index contributed by atoms with van der Waals surface area (Å²) in [6, 6.07) is 10.00. The van der Waals surface area contributed by atoms with E-state index in [-0.39, 0.29) is 11.6 Å². The van der Waals surface area contributed by atoms with E-state index in [1.54, 1.807) is 37.3 Å². The van der Waals surface area contributed by atoms with Crippen LogP contribution in [0.1, 0.15) is 16.8 Å². The van der Waals surface area contributed by atoms with Gasteiger partial charge in [-0.3, -0.25) is 9.82 Å². The molecule has 2 N–H and O–H groups in total. The number of benzene rings is 1. The number of hydrogen-bond donors (Lipinski definition) is 2. The number of aryl methyl sites for hydroxylation is 1. The molecular weight excluding hydrogens is 264 g/mol. The summed E-state index contributed by atoms with van der Waals surface area (Å²) in [6.45, 7) is 1.78.